The van der Waals surface area contributed by atoms with Crippen LogP contribution in [-0.2, 0) is 11.3 Å². The Labute approximate surface area is 137 Å². The van der Waals surface area contributed by atoms with Crippen LogP contribution in [0.1, 0.15) is 41.3 Å². The van der Waals surface area contributed by atoms with Crippen molar-refractivity contribution >= 4 is 18.8 Å². The lowest BCUT2D eigenvalue weighted by Gasteiger charge is -2.14. The first-order chi connectivity index (χ1) is 11.0. The van der Waals surface area contributed by atoms with E-state index in [1.165, 1.54) is 34.5 Å². The van der Waals surface area contributed by atoms with E-state index in [1.807, 2.05) is 6.92 Å². The molecule has 0 unspecified atom stereocenters. The van der Waals surface area contributed by atoms with Gasteiger partial charge in [-0.1, -0.05) is 19.1 Å². The minimum atomic E-state index is -2.73. The molecule has 0 bridgehead atoms. The summed E-state index contributed by atoms with van der Waals surface area (Å²) < 4.78 is 38.1. The van der Waals surface area contributed by atoms with Crippen molar-refractivity contribution in [2.75, 3.05) is 6.61 Å². The van der Waals surface area contributed by atoms with Crippen LogP contribution < -0.4 is 4.74 Å². The Bertz CT molecular complexity index is 676. The second-order valence-corrected chi connectivity index (χ2v) is 5.08. The van der Waals surface area contributed by atoms with Gasteiger partial charge < -0.3 is 9.47 Å². The Morgan fingerprint density at radius 2 is 2.17 bits per heavy atom. The highest BCUT2D eigenvalue weighted by atomic mass is 32.1. The molecule has 0 radical (unpaired) electrons. The van der Waals surface area contributed by atoms with Gasteiger partial charge in [-0.25, -0.2) is 17.7 Å². The zero-order valence-electron chi connectivity index (χ0n) is 12.4. The highest BCUT2D eigenvalue weighted by molar-refractivity contribution is 7.78. The summed E-state index contributed by atoms with van der Waals surface area (Å²) in [6.45, 7) is 1.85. The van der Waals surface area contributed by atoms with Crippen LogP contribution in [0.5, 0.6) is 5.88 Å². The molecule has 124 valence electrons. The summed E-state index contributed by atoms with van der Waals surface area (Å²) in [5.41, 5.74) is -0.0971. The summed E-state index contributed by atoms with van der Waals surface area (Å²) in [7, 11) is 0. The quantitative estimate of drug-likeness (QED) is 0.616. The van der Waals surface area contributed by atoms with Gasteiger partial charge in [-0.3, -0.25) is 0 Å². The van der Waals surface area contributed by atoms with E-state index in [0.29, 0.717) is 6.42 Å². The van der Waals surface area contributed by atoms with Gasteiger partial charge in [0.15, 0.2) is 0 Å². The minimum absolute atomic E-state index is 0.0709. The van der Waals surface area contributed by atoms with E-state index in [9.17, 15) is 13.6 Å². The van der Waals surface area contributed by atoms with Gasteiger partial charge in [-0.2, -0.15) is 0 Å². The Balaban J connectivity index is 2.27. The topological polar surface area (TPSA) is 53.4 Å². The molecule has 1 aromatic carbocycles. The molecule has 5 nitrogen and oxygen atoms in total. The first-order valence-electron chi connectivity index (χ1n) is 6.97. The fourth-order valence-electron chi connectivity index (χ4n) is 1.96. The molecule has 0 saturated carbocycles. The molecule has 1 aromatic heterocycles. The Kier molecular flexibility index (Phi) is 5.97. The van der Waals surface area contributed by atoms with Crippen molar-refractivity contribution in [3.05, 3.63) is 47.2 Å². The van der Waals surface area contributed by atoms with Gasteiger partial charge in [-0.05, 0) is 25.3 Å². The smallest absolute Gasteiger partial charge is 0.338 e. The maximum atomic E-state index is 13.2. The molecule has 0 aliphatic heterocycles. The number of halogens is 2. The van der Waals surface area contributed by atoms with E-state index in [4.69, 9.17) is 9.47 Å². The van der Waals surface area contributed by atoms with Gasteiger partial charge in [0.2, 0.25) is 5.88 Å². The van der Waals surface area contributed by atoms with Crippen LogP contribution in [0.3, 0.4) is 0 Å². The monoisotopic (exact) mass is 342 g/mol. The summed E-state index contributed by atoms with van der Waals surface area (Å²) in [6, 6.07) is 5.64. The Morgan fingerprint density at radius 3 is 2.78 bits per heavy atom. The number of rotatable bonds is 7. The zero-order chi connectivity index (χ0) is 16.8. The fourth-order valence-corrected chi connectivity index (χ4v) is 2.11. The normalized spacial score (nSPS) is 10.8. The first kappa shape index (κ1) is 17.3. The number of benzene rings is 1. The summed E-state index contributed by atoms with van der Waals surface area (Å²) in [5, 5.41) is 3.88. The summed E-state index contributed by atoms with van der Waals surface area (Å²) in [4.78, 5) is 12.1. The van der Waals surface area contributed by atoms with Crippen LogP contribution in [0.4, 0.5) is 8.78 Å². The van der Waals surface area contributed by atoms with Gasteiger partial charge in [0.05, 0.1) is 12.2 Å². The van der Waals surface area contributed by atoms with Crippen molar-refractivity contribution < 1.29 is 23.0 Å². The van der Waals surface area contributed by atoms with Crippen molar-refractivity contribution in [2.24, 2.45) is 0 Å². The second-order valence-electron chi connectivity index (χ2n) is 4.67. The maximum absolute atomic E-state index is 13.2. The van der Waals surface area contributed by atoms with Gasteiger partial charge >= 0.3 is 5.97 Å². The zero-order valence-corrected chi connectivity index (χ0v) is 13.3. The standard InChI is InChI=1S/C15H16F2N2O3S/c1-2-8-21-15(20)11-5-3-4-10(14(16)17)12(11)9-22-13-6-7-19(23)18-13/h3-7,14,23H,2,8-9H2,1H3. The van der Waals surface area contributed by atoms with Crippen molar-refractivity contribution in [1.29, 1.82) is 0 Å². The van der Waals surface area contributed by atoms with E-state index < -0.39 is 12.4 Å². The molecule has 0 spiro atoms. The van der Waals surface area contributed by atoms with E-state index in [0.717, 1.165) is 0 Å². The number of esters is 1. The average molecular weight is 342 g/mol. The number of carbonyl (C=O) groups is 1. The number of carbonyl (C=O) groups excluding carboxylic acids is 1. The van der Waals surface area contributed by atoms with Crippen LogP contribution in [0, 0.1) is 0 Å². The van der Waals surface area contributed by atoms with E-state index in [2.05, 4.69) is 17.9 Å². The Morgan fingerprint density at radius 1 is 1.39 bits per heavy atom. The van der Waals surface area contributed by atoms with Gasteiger partial charge in [0.1, 0.15) is 6.61 Å². The average Bonchev–Trinajstić information content (AvgIpc) is 2.95. The molecular weight excluding hydrogens is 326 g/mol. The molecule has 0 aliphatic carbocycles. The third-order valence-corrected chi connectivity index (χ3v) is 3.24. The predicted molar refractivity (Wildman–Crippen MR) is 82.9 cm³/mol. The highest BCUT2D eigenvalue weighted by Crippen LogP contribution is 2.27. The van der Waals surface area contributed by atoms with Gasteiger partial charge in [0.25, 0.3) is 6.43 Å². The third-order valence-electron chi connectivity index (χ3n) is 3.02. The van der Waals surface area contributed by atoms with Crippen LogP contribution in [0.15, 0.2) is 30.5 Å². The number of ether oxygens (including phenoxy) is 2. The van der Waals surface area contributed by atoms with Crippen LogP contribution >= 0.6 is 12.8 Å². The fraction of sp³-hybridized carbons (Fsp3) is 0.333. The van der Waals surface area contributed by atoms with Gasteiger partial charge in [-0.15, -0.1) is 5.10 Å². The molecule has 0 aliphatic rings. The molecule has 23 heavy (non-hydrogen) atoms. The van der Waals surface area contributed by atoms with Crippen molar-refractivity contribution in [3.63, 3.8) is 0 Å². The molecule has 0 atom stereocenters. The number of hydrogen-bond donors (Lipinski definition) is 1. The Hall–Kier alpha value is -2.09. The minimum Gasteiger partial charge on any atom is -0.472 e. The molecule has 0 fully saturated rings. The first-order valence-corrected chi connectivity index (χ1v) is 7.37. The number of nitrogens with zero attached hydrogens (tertiary/aromatic N) is 2. The van der Waals surface area contributed by atoms with Crippen molar-refractivity contribution in [3.8, 4) is 5.88 Å². The van der Waals surface area contributed by atoms with Crippen molar-refractivity contribution in [1.82, 2.24) is 9.19 Å². The second kappa shape index (κ2) is 7.96. The van der Waals surface area contributed by atoms with E-state index in [1.54, 1.807) is 0 Å². The number of aromatic nitrogens is 2. The molecule has 8 heteroatoms. The third kappa shape index (κ3) is 4.44. The predicted octanol–water partition coefficient (Wildman–Crippen LogP) is 3.66. The van der Waals surface area contributed by atoms with Crippen molar-refractivity contribution in [2.45, 2.75) is 26.4 Å². The summed E-state index contributed by atoms with van der Waals surface area (Å²) >= 11 is 3.96. The van der Waals surface area contributed by atoms with E-state index >= 15 is 0 Å². The van der Waals surface area contributed by atoms with Crippen LogP contribution in [0.2, 0.25) is 0 Å². The SMILES string of the molecule is CCCOC(=O)c1cccc(C(F)F)c1COc1ccn(S)n1. The molecular formula is C15H16F2N2O3S. The number of alkyl halides is 2. The molecule has 0 N–H and O–H groups in total. The summed E-state index contributed by atoms with van der Waals surface area (Å²) in [6.07, 6.45) is -0.547. The highest BCUT2D eigenvalue weighted by Gasteiger charge is 2.21. The largest absolute Gasteiger partial charge is 0.472 e. The lowest BCUT2D eigenvalue weighted by molar-refractivity contribution is 0.0501. The van der Waals surface area contributed by atoms with E-state index in [-0.39, 0.29) is 35.8 Å². The molecule has 2 rings (SSSR count). The van der Waals surface area contributed by atoms with Gasteiger partial charge in [0, 0.05) is 23.4 Å². The summed E-state index contributed by atoms with van der Waals surface area (Å²) in [5.74, 6) is -0.426. The molecule has 0 amide bonds. The van der Waals surface area contributed by atoms with Crippen LogP contribution in [0.25, 0.3) is 0 Å². The number of thiol groups is 1. The molecule has 0 saturated heterocycles. The molecule has 2 aromatic rings. The van der Waals surface area contributed by atoms with Crippen LogP contribution in [-0.4, -0.2) is 21.8 Å². The molecule has 1 heterocycles. The maximum Gasteiger partial charge on any atom is 0.338 e. The lowest BCUT2D eigenvalue weighted by Crippen LogP contribution is -2.13. The lowest BCUT2D eigenvalue weighted by atomic mass is 10.0. The number of hydrogen-bond acceptors (Lipinski definition) is 5.